The number of nitrogens with one attached hydrogen (secondary N) is 1. The fraction of sp³-hybridized carbons (Fsp3) is 0.667. The Morgan fingerprint density at radius 1 is 1.44 bits per heavy atom. The van der Waals surface area contributed by atoms with Gasteiger partial charge < -0.3 is 19.7 Å². The van der Waals surface area contributed by atoms with Crippen LogP contribution in [0.15, 0.2) is 6.33 Å². The molecule has 100 valence electrons. The third-order valence-corrected chi connectivity index (χ3v) is 3.07. The number of methoxy groups -OCH3 is 1. The Hall–Kier alpha value is -1.56. The van der Waals surface area contributed by atoms with Crippen LogP contribution < -0.4 is 14.8 Å². The summed E-state index contributed by atoms with van der Waals surface area (Å²) in [6.45, 7) is 1.50. The lowest BCUT2D eigenvalue weighted by Crippen LogP contribution is -2.26. The number of nitrogens with zero attached hydrogens (tertiary/aromatic N) is 3. The number of hydrogen-bond acceptors (Lipinski definition) is 6. The lowest BCUT2D eigenvalue weighted by molar-refractivity contribution is 0.219. The van der Waals surface area contributed by atoms with Crippen LogP contribution >= 0.6 is 0 Å². The van der Waals surface area contributed by atoms with Crippen molar-refractivity contribution >= 4 is 5.82 Å². The second-order valence-corrected chi connectivity index (χ2v) is 4.37. The molecule has 6 nitrogen and oxygen atoms in total. The van der Waals surface area contributed by atoms with Gasteiger partial charge in [0.25, 0.3) is 5.88 Å². The van der Waals surface area contributed by atoms with E-state index in [0.717, 1.165) is 12.6 Å². The van der Waals surface area contributed by atoms with Crippen LogP contribution in [0.4, 0.5) is 5.82 Å². The predicted molar refractivity (Wildman–Crippen MR) is 69.3 cm³/mol. The van der Waals surface area contributed by atoms with Crippen LogP contribution in [0.3, 0.4) is 0 Å². The minimum Gasteiger partial charge on any atom is -0.489 e. The summed E-state index contributed by atoms with van der Waals surface area (Å²) < 4.78 is 10.9. The maximum Gasteiger partial charge on any atom is 0.262 e. The summed E-state index contributed by atoms with van der Waals surface area (Å²) in [7, 11) is 5.50. The highest BCUT2D eigenvalue weighted by Crippen LogP contribution is 2.30. The van der Waals surface area contributed by atoms with E-state index in [9.17, 15) is 0 Å². The summed E-state index contributed by atoms with van der Waals surface area (Å²) in [5.74, 6) is 1.67. The van der Waals surface area contributed by atoms with Crippen molar-refractivity contribution in [3.05, 3.63) is 6.33 Å². The smallest absolute Gasteiger partial charge is 0.262 e. The molecule has 1 aromatic rings. The molecule has 0 spiro atoms. The first kappa shape index (κ1) is 12.9. The molecule has 0 saturated heterocycles. The average Bonchev–Trinajstić information content (AvgIpc) is 3.22. The Labute approximate surface area is 107 Å². The third kappa shape index (κ3) is 3.01. The van der Waals surface area contributed by atoms with Gasteiger partial charge in [-0.05, 0) is 19.9 Å². The number of aromatic nitrogens is 2. The van der Waals surface area contributed by atoms with Crippen molar-refractivity contribution in [1.82, 2.24) is 14.9 Å². The minimum absolute atomic E-state index is 0.487. The second-order valence-electron chi connectivity index (χ2n) is 4.37. The van der Waals surface area contributed by atoms with Crippen LogP contribution in [0.25, 0.3) is 0 Å². The SMILES string of the molecule is CNc1ncnc(OCCN(C)C2CC2)c1OC. The lowest BCUT2D eigenvalue weighted by Gasteiger charge is -2.16. The van der Waals surface area contributed by atoms with Gasteiger partial charge in [-0.3, -0.25) is 0 Å². The summed E-state index contributed by atoms with van der Waals surface area (Å²) in [5, 5.41) is 2.95. The molecule has 0 aliphatic heterocycles. The maximum absolute atomic E-state index is 5.66. The topological polar surface area (TPSA) is 59.5 Å². The van der Waals surface area contributed by atoms with E-state index < -0.39 is 0 Å². The van der Waals surface area contributed by atoms with E-state index >= 15 is 0 Å². The second kappa shape index (κ2) is 5.86. The maximum atomic E-state index is 5.66. The highest BCUT2D eigenvalue weighted by Gasteiger charge is 2.25. The number of ether oxygens (including phenoxy) is 2. The Balaban J connectivity index is 1.91. The van der Waals surface area contributed by atoms with E-state index in [4.69, 9.17) is 9.47 Å². The molecular weight excluding hydrogens is 232 g/mol. The molecule has 1 N–H and O–H groups in total. The van der Waals surface area contributed by atoms with Crippen molar-refractivity contribution in [2.45, 2.75) is 18.9 Å². The highest BCUT2D eigenvalue weighted by molar-refractivity contribution is 5.54. The van der Waals surface area contributed by atoms with Gasteiger partial charge in [0.2, 0.25) is 5.75 Å². The van der Waals surface area contributed by atoms with E-state index in [1.165, 1.54) is 19.2 Å². The first-order valence-electron chi connectivity index (χ1n) is 6.16. The molecule has 0 bridgehead atoms. The third-order valence-electron chi connectivity index (χ3n) is 3.07. The van der Waals surface area contributed by atoms with Gasteiger partial charge in [-0.2, -0.15) is 4.98 Å². The zero-order chi connectivity index (χ0) is 13.0. The molecule has 0 radical (unpaired) electrons. The zero-order valence-corrected chi connectivity index (χ0v) is 11.1. The van der Waals surface area contributed by atoms with Crippen molar-refractivity contribution in [3.63, 3.8) is 0 Å². The van der Waals surface area contributed by atoms with E-state index in [1.807, 2.05) is 0 Å². The molecule has 1 fully saturated rings. The number of anilines is 1. The van der Waals surface area contributed by atoms with Crippen LogP contribution in [-0.2, 0) is 0 Å². The predicted octanol–water partition coefficient (Wildman–Crippen LogP) is 1.000. The standard InChI is InChI=1S/C12H20N4O2/c1-13-11-10(17-3)12(15-8-14-11)18-7-6-16(2)9-4-5-9/h8-9H,4-7H2,1-3H3,(H,13,14,15). The monoisotopic (exact) mass is 252 g/mol. The molecule has 18 heavy (non-hydrogen) atoms. The number of rotatable bonds is 7. The van der Waals surface area contributed by atoms with Crippen molar-refractivity contribution in [2.24, 2.45) is 0 Å². The molecule has 0 aromatic carbocycles. The molecule has 6 heteroatoms. The van der Waals surface area contributed by atoms with E-state index in [1.54, 1.807) is 14.2 Å². The largest absolute Gasteiger partial charge is 0.489 e. The zero-order valence-electron chi connectivity index (χ0n) is 11.1. The molecule has 2 rings (SSSR count). The van der Waals surface area contributed by atoms with Crippen molar-refractivity contribution in [1.29, 1.82) is 0 Å². The first-order valence-corrected chi connectivity index (χ1v) is 6.16. The Morgan fingerprint density at radius 3 is 2.83 bits per heavy atom. The van der Waals surface area contributed by atoms with Crippen LogP contribution in [0.1, 0.15) is 12.8 Å². The fourth-order valence-electron chi connectivity index (χ4n) is 1.81. The van der Waals surface area contributed by atoms with Gasteiger partial charge in [-0.15, -0.1) is 0 Å². The van der Waals surface area contributed by atoms with Crippen LogP contribution in [0.2, 0.25) is 0 Å². The van der Waals surface area contributed by atoms with Crippen LogP contribution in [-0.4, -0.2) is 55.3 Å². The van der Waals surface area contributed by atoms with Crippen molar-refractivity contribution in [2.75, 3.05) is 39.7 Å². The molecule has 1 aliphatic carbocycles. The van der Waals surface area contributed by atoms with Crippen LogP contribution in [0.5, 0.6) is 11.6 Å². The Kier molecular flexibility index (Phi) is 4.19. The molecule has 1 saturated carbocycles. The fourth-order valence-corrected chi connectivity index (χ4v) is 1.81. The molecular formula is C12H20N4O2. The first-order chi connectivity index (χ1) is 8.76. The van der Waals surface area contributed by atoms with Gasteiger partial charge in [0.15, 0.2) is 5.82 Å². The van der Waals surface area contributed by atoms with E-state index in [-0.39, 0.29) is 0 Å². The summed E-state index contributed by atoms with van der Waals surface area (Å²) in [5.41, 5.74) is 0. The molecule has 0 atom stereocenters. The van der Waals surface area contributed by atoms with Gasteiger partial charge in [0.05, 0.1) is 7.11 Å². The molecule has 0 unspecified atom stereocenters. The summed E-state index contributed by atoms with van der Waals surface area (Å²) in [6, 6.07) is 0.744. The minimum atomic E-state index is 0.487. The normalized spacial score (nSPS) is 14.7. The van der Waals surface area contributed by atoms with Gasteiger partial charge in [0, 0.05) is 19.6 Å². The van der Waals surface area contributed by atoms with Gasteiger partial charge in [-0.25, -0.2) is 4.98 Å². The average molecular weight is 252 g/mol. The van der Waals surface area contributed by atoms with E-state index in [2.05, 4.69) is 27.2 Å². The molecule has 1 heterocycles. The van der Waals surface area contributed by atoms with Crippen molar-refractivity contribution < 1.29 is 9.47 Å². The van der Waals surface area contributed by atoms with Crippen molar-refractivity contribution in [3.8, 4) is 11.6 Å². The lowest BCUT2D eigenvalue weighted by atomic mass is 10.5. The van der Waals surface area contributed by atoms with Gasteiger partial charge in [-0.1, -0.05) is 0 Å². The Bertz CT molecular complexity index is 396. The number of likely N-dealkylation sites (N-methyl/N-ethyl adjacent to an activating group) is 1. The Morgan fingerprint density at radius 2 is 2.22 bits per heavy atom. The number of hydrogen-bond donors (Lipinski definition) is 1. The quantitative estimate of drug-likeness (QED) is 0.781. The summed E-state index contributed by atoms with van der Waals surface area (Å²) in [6.07, 6.45) is 4.07. The molecule has 1 aromatic heterocycles. The summed E-state index contributed by atoms with van der Waals surface area (Å²) in [4.78, 5) is 10.5. The van der Waals surface area contributed by atoms with Crippen LogP contribution in [0, 0.1) is 0 Å². The van der Waals surface area contributed by atoms with Gasteiger partial charge in [0.1, 0.15) is 12.9 Å². The summed E-state index contributed by atoms with van der Waals surface area (Å²) >= 11 is 0. The highest BCUT2D eigenvalue weighted by atomic mass is 16.5. The van der Waals surface area contributed by atoms with E-state index in [0.29, 0.717) is 24.1 Å². The van der Waals surface area contributed by atoms with Gasteiger partial charge >= 0.3 is 0 Å². The molecule has 0 amide bonds. The molecule has 1 aliphatic rings.